The molecule has 0 aromatic carbocycles. The van der Waals surface area contributed by atoms with Gasteiger partial charge in [0.05, 0.1) is 6.54 Å². The van der Waals surface area contributed by atoms with Crippen molar-refractivity contribution in [2.45, 2.75) is 26.3 Å². The van der Waals surface area contributed by atoms with Gasteiger partial charge in [0.1, 0.15) is 11.0 Å². The predicted octanol–water partition coefficient (Wildman–Crippen LogP) is 1.64. The van der Waals surface area contributed by atoms with Crippen molar-refractivity contribution in [1.82, 2.24) is 14.9 Å². The fourth-order valence-corrected chi connectivity index (χ4v) is 2.44. The maximum Gasteiger partial charge on any atom is 0.144 e. The highest BCUT2D eigenvalue weighted by Gasteiger charge is 2.19. The Hall–Kier alpha value is -0.710. The van der Waals surface area contributed by atoms with Gasteiger partial charge in [0.2, 0.25) is 0 Å². The molecule has 2 heterocycles. The molecular weight excluding hydrogens is 238 g/mol. The van der Waals surface area contributed by atoms with E-state index in [4.69, 9.17) is 16.7 Å². The van der Waals surface area contributed by atoms with Crippen LogP contribution in [0.3, 0.4) is 0 Å². The van der Waals surface area contributed by atoms with Crippen molar-refractivity contribution in [2.75, 3.05) is 19.7 Å². The van der Waals surface area contributed by atoms with Crippen molar-refractivity contribution in [2.24, 2.45) is 5.92 Å². The number of hydrogen-bond acceptors (Lipinski definition) is 4. The zero-order chi connectivity index (χ0) is 12.3. The van der Waals surface area contributed by atoms with E-state index in [0.29, 0.717) is 17.7 Å². The van der Waals surface area contributed by atoms with Gasteiger partial charge in [-0.05, 0) is 44.8 Å². The molecule has 1 aromatic rings. The van der Waals surface area contributed by atoms with Crippen LogP contribution >= 0.6 is 11.6 Å². The fraction of sp³-hybridized carbons (Fsp3) is 0.667. The molecule has 1 aliphatic rings. The van der Waals surface area contributed by atoms with E-state index in [9.17, 15) is 0 Å². The summed E-state index contributed by atoms with van der Waals surface area (Å²) in [6.07, 6.45) is 2.10. The van der Waals surface area contributed by atoms with Crippen LogP contribution in [0.4, 0.5) is 0 Å². The lowest BCUT2D eigenvalue weighted by atomic mass is 9.98. The van der Waals surface area contributed by atoms with Crippen LogP contribution in [0, 0.1) is 12.8 Å². The van der Waals surface area contributed by atoms with Gasteiger partial charge in [-0.25, -0.2) is 9.97 Å². The number of likely N-dealkylation sites (tertiary alicyclic amines) is 1. The maximum atomic E-state index is 9.08. The molecule has 2 rings (SSSR count). The fourth-order valence-electron chi connectivity index (χ4n) is 2.19. The van der Waals surface area contributed by atoms with E-state index in [0.717, 1.165) is 44.0 Å². The summed E-state index contributed by atoms with van der Waals surface area (Å²) in [5, 5.41) is 9.59. The first kappa shape index (κ1) is 12.7. The molecule has 0 radical (unpaired) electrons. The summed E-state index contributed by atoms with van der Waals surface area (Å²) in [4.78, 5) is 10.9. The van der Waals surface area contributed by atoms with Crippen molar-refractivity contribution < 1.29 is 5.11 Å². The Labute approximate surface area is 107 Å². The van der Waals surface area contributed by atoms with Crippen LogP contribution in [0.5, 0.6) is 0 Å². The Morgan fingerprint density at radius 3 is 2.71 bits per heavy atom. The minimum atomic E-state index is 0.306. The molecule has 17 heavy (non-hydrogen) atoms. The lowest BCUT2D eigenvalue weighted by molar-refractivity contribution is 0.125. The summed E-state index contributed by atoms with van der Waals surface area (Å²) < 4.78 is 0. The van der Waals surface area contributed by atoms with Gasteiger partial charge in [0, 0.05) is 12.3 Å². The third kappa shape index (κ3) is 3.63. The van der Waals surface area contributed by atoms with E-state index in [1.807, 2.05) is 6.92 Å². The summed E-state index contributed by atoms with van der Waals surface area (Å²) in [6, 6.07) is 1.77. The second-order valence-corrected chi connectivity index (χ2v) is 5.04. The predicted molar refractivity (Wildman–Crippen MR) is 66.9 cm³/mol. The van der Waals surface area contributed by atoms with Crippen LogP contribution < -0.4 is 0 Å². The van der Waals surface area contributed by atoms with Crippen molar-refractivity contribution in [3.05, 3.63) is 22.7 Å². The monoisotopic (exact) mass is 255 g/mol. The molecule has 0 bridgehead atoms. The number of aliphatic hydroxyl groups excluding tert-OH is 1. The van der Waals surface area contributed by atoms with Gasteiger partial charge in [-0.1, -0.05) is 11.6 Å². The van der Waals surface area contributed by atoms with Crippen LogP contribution in [0.25, 0.3) is 0 Å². The summed E-state index contributed by atoms with van der Waals surface area (Å²) in [6.45, 7) is 4.98. The van der Waals surface area contributed by atoms with Gasteiger partial charge in [-0.2, -0.15) is 0 Å². The van der Waals surface area contributed by atoms with Gasteiger partial charge in [-0.15, -0.1) is 0 Å². The molecule has 0 spiro atoms. The SMILES string of the molecule is Cc1cc(Cl)nc(CN2CCC(CO)CC2)n1. The minimum absolute atomic E-state index is 0.306. The van der Waals surface area contributed by atoms with Crippen LogP contribution in [-0.2, 0) is 6.54 Å². The molecule has 0 atom stereocenters. The number of piperidine rings is 1. The second kappa shape index (κ2) is 5.76. The number of aromatic nitrogens is 2. The molecule has 94 valence electrons. The van der Waals surface area contributed by atoms with Gasteiger partial charge in [0.25, 0.3) is 0 Å². The van der Waals surface area contributed by atoms with E-state index in [-0.39, 0.29) is 0 Å². The zero-order valence-corrected chi connectivity index (χ0v) is 10.8. The van der Waals surface area contributed by atoms with Crippen LogP contribution in [0.2, 0.25) is 5.15 Å². The quantitative estimate of drug-likeness (QED) is 0.835. The highest BCUT2D eigenvalue weighted by molar-refractivity contribution is 6.29. The van der Waals surface area contributed by atoms with Gasteiger partial charge >= 0.3 is 0 Å². The topological polar surface area (TPSA) is 49.2 Å². The minimum Gasteiger partial charge on any atom is -0.396 e. The normalized spacial score (nSPS) is 18.5. The molecule has 0 amide bonds. The maximum absolute atomic E-state index is 9.08. The van der Waals surface area contributed by atoms with Crippen LogP contribution in [0.15, 0.2) is 6.07 Å². The Balaban J connectivity index is 1.93. The Bertz CT molecular complexity index is 358. The van der Waals surface area contributed by atoms with E-state index in [2.05, 4.69) is 14.9 Å². The highest BCUT2D eigenvalue weighted by Crippen LogP contribution is 2.18. The van der Waals surface area contributed by atoms with E-state index in [1.165, 1.54) is 0 Å². The number of aliphatic hydroxyl groups is 1. The van der Waals surface area contributed by atoms with Crippen molar-refractivity contribution in [3.8, 4) is 0 Å². The first-order chi connectivity index (χ1) is 8.17. The Kier molecular flexibility index (Phi) is 4.31. The molecule has 0 unspecified atom stereocenters. The van der Waals surface area contributed by atoms with Crippen LogP contribution in [-0.4, -0.2) is 39.7 Å². The smallest absolute Gasteiger partial charge is 0.144 e. The molecule has 1 aliphatic heterocycles. The summed E-state index contributed by atoms with van der Waals surface area (Å²) >= 11 is 5.91. The molecule has 0 aliphatic carbocycles. The van der Waals surface area contributed by atoms with E-state index in [1.54, 1.807) is 6.07 Å². The molecule has 1 N–H and O–H groups in total. The summed E-state index contributed by atoms with van der Waals surface area (Å²) in [5.74, 6) is 1.26. The highest BCUT2D eigenvalue weighted by atomic mass is 35.5. The van der Waals surface area contributed by atoms with Crippen molar-refractivity contribution in [3.63, 3.8) is 0 Å². The number of nitrogens with zero attached hydrogens (tertiary/aromatic N) is 3. The van der Waals surface area contributed by atoms with Gasteiger partial charge in [0.15, 0.2) is 0 Å². The molecular formula is C12H18ClN3O. The van der Waals surface area contributed by atoms with Crippen molar-refractivity contribution >= 4 is 11.6 Å². The summed E-state index contributed by atoms with van der Waals surface area (Å²) in [5.41, 5.74) is 0.908. The molecule has 1 aromatic heterocycles. The van der Waals surface area contributed by atoms with Crippen LogP contribution in [0.1, 0.15) is 24.4 Å². The van der Waals surface area contributed by atoms with Gasteiger partial charge < -0.3 is 5.11 Å². The zero-order valence-electron chi connectivity index (χ0n) is 10.1. The Morgan fingerprint density at radius 1 is 1.41 bits per heavy atom. The number of aryl methyl sites for hydroxylation is 1. The average molecular weight is 256 g/mol. The molecule has 1 fully saturated rings. The molecule has 5 heteroatoms. The molecule has 1 saturated heterocycles. The number of hydrogen-bond donors (Lipinski definition) is 1. The van der Waals surface area contributed by atoms with Gasteiger partial charge in [-0.3, -0.25) is 4.90 Å². The first-order valence-electron chi connectivity index (χ1n) is 6.00. The number of halogens is 1. The summed E-state index contributed by atoms with van der Waals surface area (Å²) in [7, 11) is 0. The first-order valence-corrected chi connectivity index (χ1v) is 6.38. The third-order valence-corrected chi connectivity index (χ3v) is 3.39. The number of rotatable bonds is 3. The lowest BCUT2D eigenvalue weighted by Gasteiger charge is -2.30. The average Bonchev–Trinajstić information content (AvgIpc) is 2.28. The Morgan fingerprint density at radius 2 is 2.12 bits per heavy atom. The van der Waals surface area contributed by atoms with E-state index < -0.39 is 0 Å². The standard InChI is InChI=1S/C12H18ClN3O/c1-9-6-11(13)15-12(14-9)7-16-4-2-10(8-17)3-5-16/h6,10,17H,2-5,7-8H2,1H3. The largest absolute Gasteiger partial charge is 0.396 e. The second-order valence-electron chi connectivity index (χ2n) is 4.65. The third-order valence-electron chi connectivity index (χ3n) is 3.20. The molecule has 4 nitrogen and oxygen atoms in total. The van der Waals surface area contributed by atoms with Crippen molar-refractivity contribution in [1.29, 1.82) is 0 Å². The van der Waals surface area contributed by atoms with E-state index >= 15 is 0 Å². The lowest BCUT2D eigenvalue weighted by Crippen LogP contribution is -2.34. The molecule has 0 saturated carbocycles.